The van der Waals surface area contributed by atoms with E-state index in [4.69, 9.17) is 0 Å². The Hall–Kier alpha value is -2.74. The van der Waals surface area contributed by atoms with Gasteiger partial charge in [-0.05, 0) is 49.9 Å². The van der Waals surface area contributed by atoms with Crippen LogP contribution in [0, 0.1) is 6.92 Å². The number of thiophene rings is 1. The lowest BCUT2D eigenvalue weighted by Crippen LogP contribution is -2.44. The van der Waals surface area contributed by atoms with Crippen LogP contribution in [0.1, 0.15) is 51.6 Å². The molecular weight excluding hydrogens is 386 g/mol. The maximum Gasteiger partial charge on any atom is 0.261 e. The van der Waals surface area contributed by atoms with Gasteiger partial charge >= 0.3 is 0 Å². The Labute approximate surface area is 173 Å². The number of aryl methyl sites for hydroxylation is 2. The third-order valence-corrected chi connectivity index (χ3v) is 6.83. The molecule has 0 bridgehead atoms. The van der Waals surface area contributed by atoms with Gasteiger partial charge in [0.15, 0.2) is 5.65 Å². The summed E-state index contributed by atoms with van der Waals surface area (Å²) in [5, 5.41) is 11.4. The molecule has 152 valence electrons. The van der Waals surface area contributed by atoms with E-state index < -0.39 is 0 Å². The number of pyridine rings is 1. The van der Waals surface area contributed by atoms with Crippen LogP contribution in [-0.4, -0.2) is 50.9 Å². The number of aromatic nitrogens is 3. The SMILES string of the molecule is CCc1sc(C(=O)NCC(=O)N2CCC[C@H](c3nnc4ccccn34)C2)cc1C. The molecule has 0 aliphatic carbocycles. The minimum atomic E-state index is -0.178. The Balaban J connectivity index is 1.38. The summed E-state index contributed by atoms with van der Waals surface area (Å²) in [6.07, 6.45) is 4.75. The zero-order valence-corrected chi connectivity index (χ0v) is 17.5. The Bertz CT molecular complexity index is 1040. The first-order valence-corrected chi connectivity index (χ1v) is 10.8. The van der Waals surface area contributed by atoms with Gasteiger partial charge in [-0.1, -0.05) is 13.0 Å². The minimum Gasteiger partial charge on any atom is -0.342 e. The first-order valence-electron chi connectivity index (χ1n) is 10.0. The number of fused-ring (bicyclic) bond motifs is 1. The van der Waals surface area contributed by atoms with Crippen LogP contribution in [0.15, 0.2) is 30.5 Å². The van der Waals surface area contributed by atoms with Crippen LogP contribution < -0.4 is 5.32 Å². The number of amides is 2. The summed E-state index contributed by atoms with van der Waals surface area (Å²) >= 11 is 1.50. The summed E-state index contributed by atoms with van der Waals surface area (Å²) in [6, 6.07) is 7.72. The van der Waals surface area contributed by atoms with Gasteiger partial charge in [0.05, 0.1) is 11.4 Å². The average molecular weight is 412 g/mol. The fraction of sp³-hybridized carbons (Fsp3) is 0.429. The highest BCUT2D eigenvalue weighted by atomic mass is 32.1. The van der Waals surface area contributed by atoms with Gasteiger partial charge in [-0.15, -0.1) is 21.5 Å². The van der Waals surface area contributed by atoms with Crippen molar-refractivity contribution in [3.05, 3.63) is 51.6 Å². The monoisotopic (exact) mass is 411 g/mol. The van der Waals surface area contributed by atoms with E-state index in [0.29, 0.717) is 18.0 Å². The normalized spacial score (nSPS) is 16.9. The molecule has 29 heavy (non-hydrogen) atoms. The molecule has 0 unspecified atom stereocenters. The fourth-order valence-corrected chi connectivity index (χ4v) is 4.92. The minimum absolute atomic E-state index is 0.0184. The van der Waals surface area contributed by atoms with Gasteiger partial charge in [0.25, 0.3) is 5.91 Å². The molecule has 2 amide bonds. The molecule has 0 aromatic carbocycles. The summed E-state index contributed by atoms with van der Waals surface area (Å²) in [5.74, 6) is 0.806. The lowest BCUT2D eigenvalue weighted by atomic mass is 9.97. The van der Waals surface area contributed by atoms with Gasteiger partial charge in [-0.25, -0.2) is 0 Å². The topological polar surface area (TPSA) is 79.6 Å². The van der Waals surface area contributed by atoms with Crippen molar-refractivity contribution in [3.63, 3.8) is 0 Å². The molecule has 0 spiro atoms. The molecule has 7 nitrogen and oxygen atoms in total. The van der Waals surface area contributed by atoms with Crippen molar-refractivity contribution in [1.29, 1.82) is 0 Å². The molecule has 1 fully saturated rings. The lowest BCUT2D eigenvalue weighted by Gasteiger charge is -2.32. The molecule has 0 saturated carbocycles. The van der Waals surface area contributed by atoms with E-state index in [1.165, 1.54) is 16.2 Å². The molecule has 3 aromatic heterocycles. The number of nitrogens with one attached hydrogen (secondary N) is 1. The van der Waals surface area contributed by atoms with Crippen molar-refractivity contribution in [2.24, 2.45) is 0 Å². The Morgan fingerprint density at radius 2 is 2.17 bits per heavy atom. The summed E-state index contributed by atoms with van der Waals surface area (Å²) in [5.41, 5.74) is 1.95. The predicted octanol–water partition coefficient (Wildman–Crippen LogP) is 2.80. The number of carbonyl (C=O) groups is 2. The van der Waals surface area contributed by atoms with Crippen LogP contribution in [-0.2, 0) is 11.2 Å². The summed E-state index contributed by atoms with van der Waals surface area (Å²) < 4.78 is 1.99. The third kappa shape index (κ3) is 4.03. The summed E-state index contributed by atoms with van der Waals surface area (Å²) in [7, 11) is 0. The van der Waals surface area contributed by atoms with E-state index >= 15 is 0 Å². The highest BCUT2D eigenvalue weighted by Gasteiger charge is 2.28. The molecule has 3 aromatic rings. The highest BCUT2D eigenvalue weighted by molar-refractivity contribution is 7.14. The molecule has 0 radical (unpaired) electrons. The maximum absolute atomic E-state index is 12.7. The Morgan fingerprint density at radius 1 is 1.31 bits per heavy atom. The Morgan fingerprint density at radius 3 is 2.97 bits per heavy atom. The van der Waals surface area contributed by atoms with Crippen molar-refractivity contribution >= 4 is 28.8 Å². The first kappa shape index (κ1) is 19.6. The maximum atomic E-state index is 12.7. The first-order chi connectivity index (χ1) is 14.1. The summed E-state index contributed by atoms with van der Waals surface area (Å²) in [6.45, 7) is 5.42. The number of piperidine rings is 1. The second-order valence-electron chi connectivity index (χ2n) is 7.42. The van der Waals surface area contributed by atoms with Crippen LogP contribution >= 0.6 is 11.3 Å². The van der Waals surface area contributed by atoms with E-state index in [1.54, 1.807) is 0 Å². The fourth-order valence-electron chi connectivity index (χ4n) is 3.89. The smallest absolute Gasteiger partial charge is 0.261 e. The van der Waals surface area contributed by atoms with Crippen LogP contribution in [0.25, 0.3) is 5.65 Å². The van der Waals surface area contributed by atoms with Crippen molar-refractivity contribution in [2.45, 2.75) is 39.0 Å². The number of carbonyl (C=O) groups excluding carboxylic acids is 2. The summed E-state index contributed by atoms with van der Waals surface area (Å²) in [4.78, 5) is 28.8. The van der Waals surface area contributed by atoms with Crippen LogP contribution in [0.3, 0.4) is 0 Å². The third-order valence-electron chi connectivity index (χ3n) is 5.45. The molecule has 4 heterocycles. The van der Waals surface area contributed by atoms with Gasteiger partial charge in [-0.3, -0.25) is 14.0 Å². The number of nitrogens with zero attached hydrogens (tertiary/aromatic N) is 4. The molecule has 1 aliphatic rings. The molecule has 1 saturated heterocycles. The number of hydrogen-bond acceptors (Lipinski definition) is 5. The van der Waals surface area contributed by atoms with E-state index in [-0.39, 0.29) is 24.3 Å². The molecule has 1 N–H and O–H groups in total. The quantitative estimate of drug-likeness (QED) is 0.700. The van der Waals surface area contributed by atoms with Gasteiger partial charge in [0, 0.05) is 30.1 Å². The zero-order valence-electron chi connectivity index (χ0n) is 16.7. The van der Waals surface area contributed by atoms with Gasteiger partial charge in [0.2, 0.25) is 5.91 Å². The predicted molar refractivity (Wildman–Crippen MR) is 112 cm³/mol. The van der Waals surface area contributed by atoms with E-state index in [9.17, 15) is 9.59 Å². The van der Waals surface area contributed by atoms with E-state index in [1.807, 2.05) is 46.7 Å². The van der Waals surface area contributed by atoms with Crippen LogP contribution in [0.4, 0.5) is 0 Å². The van der Waals surface area contributed by atoms with Crippen LogP contribution in [0.2, 0.25) is 0 Å². The van der Waals surface area contributed by atoms with E-state index in [2.05, 4.69) is 22.4 Å². The number of rotatable bonds is 5. The second-order valence-corrected chi connectivity index (χ2v) is 8.56. The molecule has 1 aliphatic heterocycles. The average Bonchev–Trinajstić information content (AvgIpc) is 3.35. The van der Waals surface area contributed by atoms with Crippen molar-refractivity contribution in [3.8, 4) is 0 Å². The zero-order chi connectivity index (χ0) is 20.4. The van der Waals surface area contributed by atoms with Crippen molar-refractivity contribution in [2.75, 3.05) is 19.6 Å². The van der Waals surface area contributed by atoms with Gasteiger partial charge in [-0.2, -0.15) is 0 Å². The highest BCUT2D eigenvalue weighted by Crippen LogP contribution is 2.26. The molecule has 8 heteroatoms. The molecule has 1 atom stereocenters. The Kier molecular flexibility index (Phi) is 5.62. The standard InChI is InChI=1S/C21H25N5O2S/c1-3-16-14(2)11-17(29-16)21(28)22-12-19(27)25-9-6-7-15(13-25)20-24-23-18-8-4-5-10-26(18)20/h4-5,8,10-11,15H,3,6-7,9,12-13H2,1-2H3,(H,22,28)/t15-/m0/s1. The lowest BCUT2D eigenvalue weighted by molar-refractivity contribution is -0.131. The number of likely N-dealkylation sites (tertiary alicyclic amines) is 1. The number of hydrogen-bond donors (Lipinski definition) is 1. The largest absolute Gasteiger partial charge is 0.342 e. The second kappa shape index (κ2) is 8.32. The molecular formula is C21H25N5O2S. The molecule has 4 rings (SSSR count). The van der Waals surface area contributed by atoms with Gasteiger partial charge in [0.1, 0.15) is 5.82 Å². The van der Waals surface area contributed by atoms with E-state index in [0.717, 1.165) is 36.3 Å². The van der Waals surface area contributed by atoms with Crippen molar-refractivity contribution in [1.82, 2.24) is 24.8 Å². The van der Waals surface area contributed by atoms with Crippen LogP contribution in [0.5, 0.6) is 0 Å². The van der Waals surface area contributed by atoms with Crippen molar-refractivity contribution < 1.29 is 9.59 Å². The van der Waals surface area contributed by atoms with Gasteiger partial charge < -0.3 is 10.2 Å².